The molecule has 0 bridgehead atoms. The lowest BCUT2D eigenvalue weighted by Crippen LogP contribution is -2.35. The summed E-state index contributed by atoms with van der Waals surface area (Å²) in [6.45, 7) is -0.374. The standard InChI is InChI=1S/C12H10N2O3S/c15-11(16)7-14(9-4-2-1-3-5-9)12(17)10-6-13-8-18-10/h1-6,8H,7H2,(H,15,16). The van der Waals surface area contributed by atoms with E-state index in [0.717, 1.165) is 0 Å². The van der Waals surface area contributed by atoms with Crippen LogP contribution in [0, 0.1) is 0 Å². The Labute approximate surface area is 107 Å². The maximum atomic E-state index is 12.2. The van der Waals surface area contributed by atoms with Crippen LogP contribution in [-0.4, -0.2) is 28.5 Å². The van der Waals surface area contributed by atoms with Crippen LogP contribution >= 0.6 is 11.3 Å². The summed E-state index contributed by atoms with van der Waals surface area (Å²) >= 11 is 1.19. The summed E-state index contributed by atoms with van der Waals surface area (Å²) in [4.78, 5) is 28.5. The van der Waals surface area contributed by atoms with Crippen LogP contribution in [0.4, 0.5) is 5.69 Å². The summed E-state index contributed by atoms with van der Waals surface area (Å²) < 4.78 is 0. The van der Waals surface area contributed by atoms with Crippen LogP contribution < -0.4 is 4.90 Å². The average molecular weight is 262 g/mol. The van der Waals surface area contributed by atoms with E-state index >= 15 is 0 Å². The van der Waals surface area contributed by atoms with Crippen LogP contribution in [0.15, 0.2) is 42.0 Å². The maximum Gasteiger partial charge on any atom is 0.323 e. The van der Waals surface area contributed by atoms with Gasteiger partial charge in [-0.25, -0.2) is 0 Å². The summed E-state index contributed by atoms with van der Waals surface area (Å²) in [7, 11) is 0. The third kappa shape index (κ3) is 2.72. The van der Waals surface area contributed by atoms with Gasteiger partial charge in [0.15, 0.2) is 0 Å². The van der Waals surface area contributed by atoms with Gasteiger partial charge in [-0.3, -0.25) is 19.5 Å². The van der Waals surface area contributed by atoms with E-state index in [0.29, 0.717) is 10.6 Å². The van der Waals surface area contributed by atoms with Gasteiger partial charge < -0.3 is 5.11 Å². The van der Waals surface area contributed by atoms with Gasteiger partial charge in [-0.1, -0.05) is 18.2 Å². The molecule has 92 valence electrons. The molecule has 6 heteroatoms. The van der Waals surface area contributed by atoms with Gasteiger partial charge in [0.25, 0.3) is 5.91 Å². The molecule has 0 saturated carbocycles. The number of carboxylic acids is 1. The van der Waals surface area contributed by atoms with Crippen LogP contribution in [0.3, 0.4) is 0 Å². The Bertz CT molecular complexity index is 540. The molecule has 0 aliphatic heterocycles. The number of hydrogen-bond acceptors (Lipinski definition) is 4. The van der Waals surface area contributed by atoms with E-state index in [2.05, 4.69) is 4.98 Å². The fourth-order valence-corrected chi connectivity index (χ4v) is 2.05. The maximum absolute atomic E-state index is 12.2. The first-order chi connectivity index (χ1) is 8.68. The second-order valence-corrected chi connectivity index (χ2v) is 4.37. The van der Waals surface area contributed by atoms with Crippen molar-refractivity contribution in [2.45, 2.75) is 0 Å². The highest BCUT2D eigenvalue weighted by molar-refractivity contribution is 7.11. The number of thiazole rings is 1. The quantitative estimate of drug-likeness (QED) is 0.913. The summed E-state index contributed by atoms with van der Waals surface area (Å²) in [5.74, 6) is -1.41. The fourth-order valence-electron chi connectivity index (χ4n) is 1.48. The number of nitrogens with zero attached hydrogens (tertiary/aromatic N) is 2. The first-order valence-corrected chi connectivity index (χ1v) is 6.03. The minimum Gasteiger partial charge on any atom is -0.480 e. The van der Waals surface area contributed by atoms with E-state index < -0.39 is 5.97 Å². The number of aliphatic carboxylic acids is 1. The number of rotatable bonds is 4. The molecule has 0 saturated heterocycles. The smallest absolute Gasteiger partial charge is 0.323 e. The molecule has 1 heterocycles. The molecule has 1 aromatic heterocycles. The van der Waals surface area contributed by atoms with E-state index in [1.165, 1.54) is 27.9 Å². The van der Waals surface area contributed by atoms with Crippen LogP contribution in [0.1, 0.15) is 9.67 Å². The minimum absolute atomic E-state index is 0.355. The Kier molecular flexibility index (Phi) is 3.69. The number of anilines is 1. The summed E-state index contributed by atoms with van der Waals surface area (Å²) in [5, 5.41) is 8.89. The monoisotopic (exact) mass is 262 g/mol. The van der Waals surface area contributed by atoms with Crippen molar-refractivity contribution in [2.24, 2.45) is 0 Å². The van der Waals surface area contributed by atoms with Crippen molar-refractivity contribution < 1.29 is 14.7 Å². The first kappa shape index (κ1) is 12.3. The second kappa shape index (κ2) is 5.42. The molecule has 18 heavy (non-hydrogen) atoms. The summed E-state index contributed by atoms with van der Waals surface area (Å²) in [6, 6.07) is 8.71. The molecule has 0 atom stereocenters. The van der Waals surface area contributed by atoms with E-state index in [9.17, 15) is 9.59 Å². The van der Waals surface area contributed by atoms with Crippen molar-refractivity contribution in [3.05, 3.63) is 46.9 Å². The lowest BCUT2D eigenvalue weighted by atomic mass is 10.2. The van der Waals surface area contributed by atoms with E-state index in [1.54, 1.807) is 30.3 Å². The number of carbonyl (C=O) groups is 2. The molecule has 0 spiro atoms. The Morgan fingerprint density at radius 3 is 2.56 bits per heavy atom. The molecule has 2 aromatic rings. The predicted molar refractivity (Wildman–Crippen MR) is 67.9 cm³/mol. The highest BCUT2D eigenvalue weighted by Crippen LogP contribution is 2.18. The molecule has 1 aromatic carbocycles. The van der Waals surface area contributed by atoms with Crippen LogP contribution in [0.25, 0.3) is 0 Å². The molecule has 0 aliphatic rings. The Morgan fingerprint density at radius 2 is 2.00 bits per heavy atom. The number of carbonyl (C=O) groups excluding carboxylic acids is 1. The fraction of sp³-hybridized carbons (Fsp3) is 0.0833. The summed E-state index contributed by atoms with van der Waals surface area (Å²) in [6.07, 6.45) is 1.44. The average Bonchev–Trinajstić information content (AvgIpc) is 2.90. The highest BCUT2D eigenvalue weighted by atomic mass is 32.1. The van der Waals surface area contributed by atoms with E-state index in [4.69, 9.17) is 5.11 Å². The molecule has 5 nitrogen and oxygen atoms in total. The molecule has 0 unspecified atom stereocenters. The van der Waals surface area contributed by atoms with Gasteiger partial charge in [-0.15, -0.1) is 11.3 Å². The largest absolute Gasteiger partial charge is 0.480 e. The SMILES string of the molecule is O=C(O)CN(C(=O)c1cncs1)c1ccccc1. The van der Waals surface area contributed by atoms with E-state index in [1.807, 2.05) is 0 Å². The Morgan fingerprint density at radius 1 is 1.28 bits per heavy atom. The van der Waals surface area contributed by atoms with Crippen molar-refractivity contribution >= 4 is 28.9 Å². The number of para-hydroxylation sites is 1. The normalized spacial score (nSPS) is 10.0. The van der Waals surface area contributed by atoms with Crippen molar-refractivity contribution in [1.29, 1.82) is 0 Å². The lowest BCUT2D eigenvalue weighted by molar-refractivity contribution is -0.135. The van der Waals surface area contributed by atoms with Crippen molar-refractivity contribution in [2.75, 3.05) is 11.4 Å². The zero-order valence-electron chi connectivity index (χ0n) is 9.31. The second-order valence-electron chi connectivity index (χ2n) is 3.49. The molecular formula is C12H10N2O3S. The number of aromatic nitrogens is 1. The van der Waals surface area contributed by atoms with Crippen molar-refractivity contribution in [3.63, 3.8) is 0 Å². The van der Waals surface area contributed by atoms with Gasteiger partial charge >= 0.3 is 5.97 Å². The molecular weight excluding hydrogens is 252 g/mol. The minimum atomic E-state index is -1.06. The van der Waals surface area contributed by atoms with Crippen molar-refractivity contribution in [3.8, 4) is 0 Å². The Hall–Kier alpha value is -2.21. The molecule has 1 amide bonds. The van der Waals surface area contributed by atoms with Gasteiger partial charge in [-0.2, -0.15) is 0 Å². The van der Waals surface area contributed by atoms with Gasteiger partial charge in [0.2, 0.25) is 0 Å². The van der Waals surface area contributed by atoms with Gasteiger partial charge in [0.1, 0.15) is 11.4 Å². The number of amides is 1. The van der Waals surface area contributed by atoms with Crippen LogP contribution in [-0.2, 0) is 4.79 Å². The molecule has 0 fully saturated rings. The van der Waals surface area contributed by atoms with Gasteiger partial charge in [-0.05, 0) is 12.1 Å². The van der Waals surface area contributed by atoms with Crippen molar-refractivity contribution in [1.82, 2.24) is 4.98 Å². The Balaban J connectivity index is 2.31. The number of hydrogen-bond donors (Lipinski definition) is 1. The zero-order chi connectivity index (χ0) is 13.0. The molecule has 0 radical (unpaired) electrons. The number of carboxylic acid groups (broad SMARTS) is 1. The lowest BCUT2D eigenvalue weighted by Gasteiger charge is -2.19. The van der Waals surface area contributed by atoms with Crippen LogP contribution in [0.2, 0.25) is 0 Å². The first-order valence-electron chi connectivity index (χ1n) is 5.15. The van der Waals surface area contributed by atoms with E-state index in [-0.39, 0.29) is 12.5 Å². The highest BCUT2D eigenvalue weighted by Gasteiger charge is 2.21. The van der Waals surface area contributed by atoms with Crippen LogP contribution in [0.5, 0.6) is 0 Å². The predicted octanol–water partition coefficient (Wildman–Crippen LogP) is 1.87. The molecule has 2 rings (SSSR count). The van der Waals surface area contributed by atoms with Gasteiger partial charge in [0.05, 0.1) is 11.7 Å². The topological polar surface area (TPSA) is 70.5 Å². The van der Waals surface area contributed by atoms with Gasteiger partial charge in [0, 0.05) is 5.69 Å². The summed E-state index contributed by atoms with van der Waals surface area (Å²) in [5.41, 5.74) is 2.09. The molecule has 0 aliphatic carbocycles. The molecule has 1 N–H and O–H groups in total. The third-order valence-electron chi connectivity index (χ3n) is 2.25. The third-order valence-corrected chi connectivity index (χ3v) is 3.01. The number of benzene rings is 1. The zero-order valence-corrected chi connectivity index (χ0v) is 10.1.